The zero-order valence-corrected chi connectivity index (χ0v) is 10.1. The first kappa shape index (κ1) is 11.2. The molecule has 2 fully saturated rings. The Bertz CT molecular complexity index is 368. The summed E-state index contributed by atoms with van der Waals surface area (Å²) in [7, 11) is 0. The van der Waals surface area contributed by atoms with E-state index in [9.17, 15) is 0 Å². The molecule has 0 spiro atoms. The van der Waals surface area contributed by atoms with Crippen LogP contribution in [0.15, 0.2) is 4.52 Å². The highest BCUT2D eigenvalue weighted by Crippen LogP contribution is 2.32. The van der Waals surface area contributed by atoms with Gasteiger partial charge in [0.2, 0.25) is 5.89 Å². The van der Waals surface area contributed by atoms with Crippen LogP contribution in [-0.2, 0) is 6.42 Å². The Morgan fingerprint density at radius 1 is 1.35 bits per heavy atom. The van der Waals surface area contributed by atoms with E-state index in [4.69, 9.17) is 10.3 Å². The molecule has 94 valence electrons. The summed E-state index contributed by atoms with van der Waals surface area (Å²) >= 11 is 0. The van der Waals surface area contributed by atoms with Crippen molar-refractivity contribution in [2.24, 2.45) is 11.7 Å². The summed E-state index contributed by atoms with van der Waals surface area (Å²) < 4.78 is 5.24. The maximum absolute atomic E-state index is 6.11. The van der Waals surface area contributed by atoms with E-state index >= 15 is 0 Å². The van der Waals surface area contributed by atoms with Crippen molar-refractivity contribution in [1.29, 1.82) is 0 Å². The third-order valence-electron chi connectivity index (χ3n) is 3.63. The van der Waals surface area contributed by atoms with Crippen LogP contribution >= 0.6 is 0 Å². The van der Waals surface area contributed by atoms with Crippen molar-refractivity contribution in [1.82, 2.24) is 15.0 Å². The molecule has 0 aromatic carbocycles. The molecule has 1 aliphatic carbocycles. The summed E-state index contributed by atoms with van der Waals surface area (Å²) in [6, 6.07) is -0.107. The second-order valence-corrected chi connectivity index (χ2v) is 5.31. The van der Waals surface area contributed by atoms with Gasteiger partial charge in [-0.15, -0.1) is 0 Å². The SMILES string of the molecule is NC(CN1CCCC1)c1noc(CC2CC2)n1. The number of hydrogen-bond donors (Lipinski definition) is 1. The number of nitrogens with two attached hydrogens (primary N) is 1. The molecule has 1 saturated carbocycles. The molecule has 2 heterocycles. The topological polar surface area (TPSA) is 68.2 Å². The average molecular weight is 236 g/mol. The van der Waals surface area contributed by atoms with Crippen LogP contribution in [0, 0.1) is 5.92 Å². The van der Waals surface area contributed by atoms with E-state index in [1.807, 2.05) is 0 Å². The van der Waals surface area contributed by atoms with Crippen LogP contribution < -0.4 is 5.73 Å². The monoisotopic (exact) mass is 236 g/mol. The van der Waals surface area contributed by atoms with E-state index in [0.717, 1.165) is 37.9 Å². The largest absolute Gasteiger partial charge is 0.339 e. The molecule has 17 heavy (non-hydrogen) atoms. The van der Waals surface area contributed by atoms with Gasteiger partial charge in [-0.2, -0.15) is 4.98 Å². The van der Waals surface area contributed by atoms with Crippen LogP contribution in [0.25, 0.3) is 0 Å². The molecule has 0 amide bonds. The Balaban J connectivity index is 1.55. The minimum atomic E-state index is -0.107. The minimum Gasteiger partial charge on any atom is -0.339 e. The van der Waals surface area contributed by atoms with Crippen molar-refractivity contribution in [2.75, 3.05) is 19.6 Å². The number of likely N-dealkylation sites (tertiary alicyclic amines) is 1. The van der Waals surface area contributed by atoms with Crippen LogP contribution in [0.2, 0.25) is 0 Å². The molecule has 1 saturated heterocycles. The number of nitrogens with zero attached hydrogens (tertiary/aromatic N) is 3. The average Bonchev–Trinajstić information content (AvgIpc) is 2.81. The predicted octanol–water partition coefficient (Wildman–Crippen LogP) is 1.12. The van der Waals surface area contributed by atoms with E-state index in [2.05, 4.69) is 15.0 Å². The third-order valence-corrected chi connectivity index (χ3v) is 3.63. The summed E-state index contributed by atoms with van der Waals surface area (Å²) in [6.45, 7) is 3.16. The van der Waals surface area contributed by atoms with Gasteiger partial charge in [-0.25, -0.2) is 0 Å². The van der Waals surface area contributed by atoms with Gasteiger partial charge in [0.15, 0.2) is 5.82 Å². The second kappa shape index (κ2) is 4.74. The molecule has 1 aromatic heterocycles. The van der Waals surface area contributed by atoms with E-state index in [1.54, 1.807) is 0 Å². The van der Waals surface area contributed by atoms with Crippen molar-refractivity contribution < 1.29 is 4.52 Å². The lowest BCUT2D eigenvalue weighted by Crippen LogP contribution is -2.30. The standard InChI is InChI=1S/C12H20N4O/c13-10(8-16-5-1-2-6-16)12-14-11(17-15-12)7-9-3-4-9/h9-10H,1-8,13H2. The zero-order valence-electron chi connectivity index (χ0n) is 10.1. The van der Waals surface area contributed by atoms with E-state index in [1.165, 1.54) is 25.7 Å². The van der Waals surface area contributed by atoms with Crippen LogP contribution in [0.5, 0.6) is 0 Å². The molecule has 2 aliphatic rings. The smallest absolute Gasteiger partial charge is 0.226 e. The quantitative estimate of drug-likeness (QED) is 0.829. The van der Waals surface area contributed by atoms with Gasteiger partial charge < -0.3 is 15.2 Å². The van der Waals surface area contributed by atoms with Gasteiger partial charge in [0, 0.05) is 13.0 Å². The van der Waals surface area contributed by atoms with Gasteiger partial charge in [0.1, 0.15) is 0 Å². The molecule has 1 atom stereocenters. The normalized spacial score (nSPS) is 23.1. The number of aromatic nitrogens is 2. The highest BCUT2D eigenvalue weighted by molar-refractivity contribution is 4.96. The summed E-state index contributed by atoms with van der Waals surface area (Å²) in [6.07, 6.45) is 6.11. The fourth-order valence-corrected chi connectivity index (χ4v) is 2.40. The van der Waals surface area contributed by atoms with Crippen molar-refractivity contribution >= 4 is 0 Å². The van der Waals surface area contributed by atoms with Crippen molar-refractivity contribution in [3.63, 3.8) is 0 Å². The molecular formula is C12H20N4O. The van der Waals surface area contributed by atoms with Gasteiger partial charge in [-0.05, 0) is 44.7 Å². The maximum atomic E-state index is 6.11. The van der Waals surface area contributed by atoms with Gasteiger partial charge in [0.05, 0.1) is 6.04 Å². The molecule has 1 unspecified atom stereocenters. The Morgan fingerprint density at radius 3 is 2.82 bits per heavy atom. The van der Waals surface area contributed by atoms with E-state index in [0.29, 0.717) is 5.82 Å². The molecule has 0 radical (unpaired) electrons. The summed E-state index contributed by atoms with van der Waals surface area (Å²) in [4.78, 5) is 6.78. The molecule has 0 bridgehead atoms. The molecule has 1 aliphatic heterocycles. The fraction of sp³-hybridized carbons (Fsp3) is 0.833. The lowest BCUT2D eigenvalue weighted by atomic mass is 10.2. The van der Waals surface area contributed by atoms with Crippen LogP contribution in [0.4, 0.5) is 0 Å². The lowest BCUT2D eigenvalue weighted by molar-refractivity contribution is 0.305. The van der Waals surface area contributed by atoms with Crippen LogP contribution in [0.1, 0.15) is 43.4 Å². The number of hydrogen-bond acceptors (Lipinski definition) is 5. The van der Waals surface area contributed by atoms with Gasteiger partial charge in [0.25, 0.3) is 0 Å². The lowest BCUT2D eigenvalue weighted by Gasteiger charge is -2.17. The van der Waals surface area contributed by atoms with Gasteiger partial charge in [-0.1, -0.05) is 5.16 Å². The highest BCUT2D eigenvalue weighted by atomic mass is 16.5. The highest BCUT2D eigenvalue weighted by Gasteiger charge is 2.25. The molecule has 2 N–H and O–H groups in total. The third kappa shape index (κ3) is 2.84. The molecule has 5 heteroatoms. The van der Waals surface area contributed by atoms with Gasteiger partial charge >= 0.3 is 0 Å². The zero-order chi connectivity index (χ0) is 11.7. The van der Waals surface area contributed by atoms with Crippen molar-refractivity contribution in [3.8, 4) is 0 Å². The first-order valence-electron chi connectivity index (χ1n) is 6.61. The van der Waals surface area contributed by atoms with Crippen LogP contribution in [-0.4, -0.2) is 34.7 Å². The fourth-order valence-electron chi connectivity index (χ4n) is 2.40. The maximum Gasteiger partial charge on any atom is 0.226 e. The molecular weight excluding hydrogens is 216 g/mol. The molecule has 5 nitrogen and oxygen atoms in total. The summed E-state index contributed by atoms with van der Waals surface area (Å²) in [5.74, 6) is 2.21. The Morgan fingerprint density at radius 2 is 2.12 bits per heavy atom. The molecule has 1 aromatic rings. The van der Waals surface area contributed by atoms with Gasteiger partial charge in [-0.3, -0.25) is 0 Å². The van der Waals surface area contributed by atoms with Crippen molar-refractivity contribution in [3.05, 3.63) is 11.7 Å². The van der Waals surface area contributed by atoms with Crippen molar-refractivity contribution in [2.45, 2.75) is 38.1 Å². The summed E-state index contributed by atoms with van der Waals surface area (Å²) in [5, 5.41) is 4.00. The predicted molar refractivity (Wildman–Crippen MR) is 63.3 cm³/mol. The minimum absolute atomic E-state index is 0.107. The first-order chi connectivity index (χ1) is 8.31. The Labute approximate surface area is 101 Å². The van der Waals surface area contributed by atoms with Crippen LogP contribution in [0.3, 0.4) is 0 Å². The Hall–Kier alpha value is -0.940. The van der Waals surface area contributed by atoms with E-state index in [-0.39, 0.29) is 6.04 Å². The Kier molecular flexibility index (Phi) is 3.11. The second-order valence-electron chi connectivity index (χ2n) is 5.31. The summed E-state index contributed by atoms with van der Waals surface area (Å²) in [5.41, 5.74) is 6.11. The molecule has 3 rings (SSSR count). The first-order valence-corrected chi connectivity index (χ1v) is 6.61. The number of rotatable bonds is 5. The van der Waals surface area contributed by atoms with E-state index < -0.39 is 0 Å².